The molecule has 0 spiro atoms. The highest BCUT2D eigenvalue weighted by molar-refractivity contribution is 5.80. The number of ether oxygens (including phenoxy) is 2. The number of aromatic nitrogens is 4. The van der Waals surface area contributed by atoms with E-state index in [0.29, 0.717) is 61.3 Å². The molecule has 3 aromatic rings. The second-order valence-corrected chi connectivity index (χ2v) is 9.16. The molecule has 0 radical (unpaired) electrons. The van der Waals surface area contributed by atoms with Crippen LogP contribution >= 0.6 is 0 Å². The molecular formula is C26H36N6O4. The van der Waals surface area contributed by atoms with Gasteiger partial charge in [-0.15, -0.1) is 0 Å². The number of nitrogens with zero attached hydrogens (tertiary/aromatic N) is 6. The molecule has 0 aromatic carbocycles. The van der Waals surface area contributed by atoms with Gasteiger partial charge in [0.2, 0.25) is 5.88 Å². The molecule has 0 saturated carbocycles. The third-order valence-electron chi connectivity index (χ3n) is 6.75. The van der Waals surface area contributed by atoms with E-state index in [4.69, 9.17) is 14.5 Å². The van der Waals surface area contributed by atoms with Gasteiger partial charge in [0.1, 0.15) is 5.52 Å². The largest absolute Gasteiger partial charge is 0.481 e. The van der Waals surface area contributed by atoms with E-state index in [1.807, 2.05) is 30.9 Å². The molecule has 0 bridgehead atoms. The Balaban J connectivity index is 1.68. The molecule has 3 aromatic heterocycles. The van der Waals surface area contributed by atoms with E-state index in [1.165, 1.54) is 0 Å². The lowest BCUT2D eigenvalue weighted by molar-refractivity contribution is 0.0671. The standard InChI is InChI=1S/C26H36N6O4/c1-5-13-36-14-12-32-23-15-21(20-6-7-24(35-4)28-16-20)27-17-22(23)29-25(26(32)34)31-10-8-30(9-11-31)18(2)19(3)33/h6-7,15-19,33H,5,8-14H2,1-4H3/t18-,19+/m0/s1. The predicted octanol–water partition coefficient (Wildman–Crippen LogP) is 2.18. The molecule has 0 aliphatic carbocycles. The quantitative estimate of drug-likeness (QED) is 0.423. The van der Waals surface area contributed by atoms with Gasteiger partial charge in [-0.05, 0) is 32.4 Å². The van der Waals surface area contributed by atoms with Crippen molar-refractivity contribution in [3.8, 4) is 17.1 Å². The lowest BCUT2D eigenvalue weighted by atomic mass is 10.1. The van der Waals surface area contributed by atoms with Crippen LogP contribution in [0.5, 0.6) is 5.88 Å². The monoisotopic (exact) mass is 496 g/mol. The van der Waals surface area contributed by atoms with Gasteiger partial charge >= 0.3 is 0 Å². The van der Waals surface area contributed by atoms with Gasteiger partial charge in [-0.1, -0.05) is 6.92 Å². The average molecular weight is 497 g/mol. The topological polar surface area (TPSA) is 106 Å². The van der Waals surface area contributed by atoms with Gasteiger partial charge in [0.05, 0.1) is 37.2 Å². The zero-order valence-electron chi connectivity index (χ0n) is 21.6. The first-order chi connectivity index (χ1) is 17.4. The van der Waals surface area contributed by atoms with E-state index in [-0.39, 0.29) is 11.6 Å². The molecule has 10 nitrogen and oxygen atoms in total. The van der Waals surface area contributed by atoms with Gasteiger partial charge in [0, 0.05) is 63.2 Å². The summed E-state index contributed by atoms with van der Waals surface area (Å²) in [4.78, 5) is 31.6. The molecule has 2 atom stereocenters. The fourth-order valence-electron chi connectivity index (χ4n) is 4.42. The number of piperazine rings is 1. The molecule has 36 heavy (non-hydrogen) atoms. The van der Waals surface area contributed by atoms with Crippen molar-refractivity contribution >= 4 is 16.9 Å². The van der Waals surface area contributed by atoms with Crippen molar-refractivity contribution < 1.29 is 14.6 Å². The molecular weight excluding hydrogens is 460 g/mol. The zero-order chi connectivity index (χ0) is 25.7. The van der Waals surface area contributed by atoms with Crippen LogP contribution < -0.4 is 15.2 Å². The van der Waals surface area contributed by atoms with Crippen LogP contribution in [0.1, 0.15) is 27.2 Å². The van der Waals surface area contributed by atoms with E-state index in [2.05, 4.69) is 21.8 Å². The molecule has 0 amide bonds. The lowest BCUT2D eigenvalue weighted by Gasteiger charge is -2.39. The summed E-state index contributed by atoms with van der Waals surface area (Å²) < 4.78 is 12.6. The minimum absolute atomic E-state index is 0.0687. The van der Waals surface area contributed by atoms with E-state index in [0.717, 1.165) is 25.1 Å². The van der Waals surface area contributed by atoms with Crippen LogP contribution in [-0.2, 0) is 11.3 Å². The molecule has 4 heterocycles. The molecule has 1 aliphatic rings. The fourth-order valence-corrected chi connectivity index (χ4v) is 4.42. The minimum Gasteiger partial charge on any atom is -0.481 e. The van der Waals surface area contributed by atoms with Crippen LogP contribution in [0.15, 0.2) is 35.4 Å². The first-order valence-corrected chi connectivity index (χ1v) is 12.6. The Kier molecular flexibility index (Phi) is 8.50. The Hall–Kier alpha value is -3.08. The molecule has 0 unspecified atom stereocenters. The summed E-state index contributed by atoms with van der Waals surface area (Å²) in [6.07, 6.45) is 3.93. The number of pyridine rings is 2. The maximum Gasteiger partial charge on any atom is 0.294 e. The van der Waals surface area contributed by atoms with Crippen molar-refractivity contribution in [2.24, 2.45) is 0 Å². The number of aliphatic hydroxyl groups is 1. The summed E-state index contributed by atoms with van der Waals surface area (Å²) in [7, 11) is 1.58. The molecule has 4 rings (SSSR count). The van der Waals surface area contributed by atoms with Gasteiger partial charge in [-0.25, -0.2) is 9.97 Å². The molecule has 1 saturated heterocycles. The van der Waals surface area contributed by atoms with Gasteiger partial charge in [-0.3, -0.25) is 14.7 Å². The molecule has 194 valence electrons. The van der Waals surface area contributed by atoms with Crippen molar-refractivity contribution in [3.05, 3.63) is 40.9 Å². The van der Waals surface area contributed by atoms with E-state index in [9.17, 15) is 9.90 Å². The lowest BCUT2D eigenvalue weighted by Crippen LogP contribution is -2.53. The van der Waals surface area contributed by atoms with Crippen LogP contribution in [0.2, 0.25) is 0 Å². The third kappa shape index (κ3) is 5.66. The maximum absolute atomic E-state index is 13.7. The third-order valence-corrected chi connectivity index (χ3v) is 6.75. The van der Waals surface area contributed by atoms with Crippen molar-refractivity contribution in [1.29, 1.82) is 0 Å². The average Bonchev–Trinajstić information content (AvgIpc) is 2.91. The summed E-state index contributed by atoms with van der Waals surface area (Å²) in [5, 5.41) is 9.96. The summed E-state index contributed by atoms with van der Waals surface area (Å²) >= 11 is 0. The maximum atomic E-state index is 13.7. The number of anilines is 1. The summed E-state index contributed by atoms with van der Waals surface area (Å²) in [5.41, 5.74) is 2.77. The highest BCUT2D eigenvalue weighted by Crippen LogP contribution is 2.23. The Bertz CT molecular complexity index is 1210. The van der Waals surface area contributed by atoms with Crippen molar-refractivity contribution in [3.63, 3.8) is 0 Å². The minimum atomic E-state index is -0.406. The Labute approximate surface area is 211 Å². The Morgan fingerprint density at radius 1 is 1.08 bits per heavy atom. The molecule has 1 aliphatic heterocycles. The number of hydrogen-bond donors (Lipinski definition) is 1. The van der Waals surface area contributed by atoms with Crippen LogP contribution in [0.3, 0.4) is 0 Å². The van der Waals surface area contributed by atoms with Crippen molar-refractivity contribution in [2.45, 2.75) is 45.9 Å². The van der Waals surface area contributed by atoms with Crippen LogP contribution in [0.4, 0.5) is 5.82 Å². The molecule has 10 heteroatoms. The van der Waals surface area contributed by atoms with Gasteiger partial charge in [0.15, 0.2) is 5.82 Å². The molecule has 1 N–H and O–H groups in total. The van der Waals surface area contributed by atoms with E-state index < -0.39 is 6.10 Å². The van der Waals surface area contributed by atoms with Gasteiger partial charge < -0.3 is 24.0 Å². The number of aliphatic hydroxyl groups excluding tert-OH is 1. The van der Waals surface area contributed by atoms with E-state index in [1.54, 1.807) is 30.1 Å². The highest BCUT2D eigenvalue weighted by Gasteiger charge is 2.26. The number of methoxy groups -OCH3 is 1. The molecule has 1 fully saturated rings. The number of hydrogen-bond acceptors (Lipinski definition) is 9. The van der Waals surface area contributed by atoms with E-state index >= 15 is 0 Å². The Morgan fingerprint density at radius 2 is 1.86 bits per heavy atom. The fraction of sp³-hybridized carbons (Fsp3) is 0.538. The van der Waals surface area contributed by atoms with Crippen LogP contribution in [0, 0.1) is 0 Å². The first-order valence-electron chi connectivity index (χ1n) is 12.6. The predicted molar refractivity (Wildman–Crippen MR) is 140 cm³/mol. The van der Waals surface area contributed by atoms with Crippen LogP contribution in [-0.4, -0.2) is 88.2 Å². The number of fused-ring (bicyclic) bond motifs is 1. The highest BCUT2D eigenvalue weighted by atomic mass is 16.5. The second-order valence-electron chi connectivity index (χ2n) is 9.16. The van der Waals surface area contributed by atoms with Crippen molar-refractivity contribution in [1.82, 2.24) is 24.4 Å². The first kappa shape index (κ1) is 26.0. The SMILES string of the molecule is CCCOCCn1c(=O)c(N2CCN([C@@H](C)[C@@H](C)O)CC2)nc2cnc(-c3ccc(OC)nc3)cc21. The van der Waals surface area contributed by atoms with Gasteiger partial charge in [-0.2, -0.15) is 0 Å². The zero-order valence-corrected chi connectivity index (χ0v) is 21.6. The van der Waals surface area contributed by atoms with Gasteiger partial charge in [0.25, 0.3) is 5.56 Å². The second kappa shape index (κ2) is 11.8. The summed E-state index contributed by atoms with van der Waals surface area (Å²) in [6.45, 7) is 10.3. The summed E-state index contributed by atoms with van der Waals surface area (Å²) in [5.74, 6) is 0.960. The number of rotatable bonds is 10. The smallest absolute Gasteiger partial charge is 0.294 e. The summed E-state index contributed by atoms with van der Waals surface area (Å²) in [6, 6.07) is 5.63. The normalized spacial score (nSPS) is 16.3. The van der Waals surface area contributed by atoms with Crippen molar-refractivity contribution in [2.75, 3.05) is 51.4 Å². The Morgan fingerprint density at radius 3 is 2.50 bits per heavy atom. The van der Waals surface area contributed by atoms with Crippen LogP contribution in [0.25, 0.3) is 22.3 Å².